The number of hydrogen-bond acceptors (Lipinski definition) is 5. The van der Waals surface area contributed by atoms with Crippen LogP contribution in [0.15, 0.2) is 4.52 Å². The number of aromatic nitrogens is 2. The van der Waals surface area contributed by atoms with E-state index in [1.807, 2.05) is 14.1 Å². The number of Topliss-reactive ketones (excluding diaryl/α,β-unsaturated/α-hetero) is 1. The van der Waals surface area contributed by atoms with Crippen molar-refractivity contribution in [2.24, 2.45) is 0 Å². The Kier molecular flexibility index (Phi) is 2.42. The van der Waals surface area contributed by atoms with Gasteiger partial charge in [0, 0.05) is 14.1 Å². The zero-order chi connectivity index (χ0) is 9.14. The van der Waals surface area contributed by atoms with Gasteiger partial charge in [-0.05, 0) is 12.1 Å². The summed E-state index contributed by atoms with van der Waals surface area (Å²) >= 11 is 0. The second kappa shape index (κ2) is 3.34. The van der Waals surface area contributed by atoms with Crippen LogP contribution < -0.4 is 4.90 Å². The molecule has 66 valence electrons. The Morgan fingerprint density at radius 3 is 2.67 bits per heavy atom. The van der Waals surface area contributed by atoms with Gasteiger partial charge in [0.15, 0.2) is 0 Å². The van der Waals surface area contributed by atoms with E-state index in [4.69, 9.17) is 4.52 Å². The standard InChI is InChI=1S/C7H11N3O2/c1-5(11)4-6-8-7(9-12-6)10(2)3/h4H2,1-3H3. The smallest absolute Gasteiger partial charge is 0.265 e. The van der Waals surface area contributed by atoms with Crippen LogP contribution in [0, 0.1) is 0 Å². The largest absolute Gasteiger partial charge is 0.344 e. The molecule has 0 aliphatic heterocycles. The van der Waals surface area contributed by atoms with E-state index < -0.39 is 0 Å². The lowest BCUT2D eigenvalue weighted by molar-refractivity contribution is -0.116. The summed E-state index contributed by atoms with van der Waals surface area (Å²) in [7, 11) is 3.62. The van der Waals surface area contributed by atoms with Gasteiger partial charge in [0.1, 0.15) is 5.78 Å². The second-order valence-electron chi connectivity index (χ2n) is 2.76. The molecule has 1 heterocycles. The van der Waals surface area contributed by atoms with Crippen molar-refractivity contribution < 1.29 is 9.32 Å². The maximum Gasteiger partial charge on any atom is 0.265 e. The van der Waals surface area contributed by atoms with E-state index in [-0.39, 0.29) is 12.2 Å². The van der Waals surface area contributed by atoms with Crippen molar-refractivity contribution >= 4 is 11.7 Å². The molecule has 0 spiro atoms. The molecule has 0 aliphatic rings. The fraction of sp³-hybridized carbons (Fsp3) is 0.571. The molecule has 0 amide bonds. The SMILES string of the molecule is CC(=O)Cc1nc(N(C)C)no1. The number of rotatable bonds is 3. The summed E-state index contributed by atoms with van der Waals surface area (Å²) in [6.45, 7) is 1.49. The first-order chi connectivity index (χ1) is 5.59. The van der Waals surface area contributed by atoms with Gasteiger partial charge in [0.2, 0.25) is 5.89 Å². The van der Waals surface area contributed by atoms with E-state index in [1.54, 1.807) is 4.90 Å². The summed E-state index contributed by atoms with van der Waals surface area (Å²) in [6, 6.07) is 0. The first-order valence-corrected chi connectivity index (χ1v) is 3.59. The molecule has 0 atom stereocenters. The van der Waals surface area contributed by atoms with Crippen molar-refractivity contribution in [1.82, 2.24) is 10.1 Å². The van der Waals surface area contributed by atoms with Crippen LogP contribution in [0.5, 0.6) is 0 Å². The first-order valence-electron chi connectivity index (χ1n) is 3.59. The molecule has 5 nitrogen and oxygen atoms in total. The zero-order valence-electron chi connectivity index (χ0n) is 7.37. The van der Waals surface area contributed by atoms with Gasteiger partial charge >= 0.3 is 0 Å². The summed E-state index contributed by atoms with van der Waals surface area (Å²) in [5.74, 6) is 0.876. The van der Waals surface area contributed by atoms with Gasteiger partial charge in [-0.3, -0.25) is 4.79 Å². The van der Waals surface area contributed by atoms with Gasteiger partial charge in [0.25, 0.3) is 5.95 Å². The molecular formula is C7H11N3O2. The van der Waals surface area contributed by atoms with Crippen molar-refractivity contribution in [3.8, 4) is 0 Å². The molecule has 1 rings (SSSR count). The third kappa shape index (κ3) is 2.05. The molecule has 12 heavy (non-hydrogen) atoms. The molecule has 0 saturated heterocycles. The number of hydrogen-bond donors (Lipinski definition) is 0. The van der Waals surface area contributed by atoms with E-state index in [2.05, 4.69) is 10.1 Å². The number of nitrogens with zero attached hydrogens (tertiary/aromatic N) is 3. The number of carbonyl (C=O) groups excluding carboxylic acids is 1. The van der Waals surface area contributed by atoms with Gasteiger partial charge in [-0.1, -0.05) is 0 Å². The van der Waals surface area contributed by atoms with Gasteiger partial charge in [-0.15, -0.1) is 0 Å². The number of carbonyl (C=O) groups is 1. The van der Waals surface area contributed by atoms with Crippen LogP contribution in [-0.4, -0.2) is 30.0 Å². The molecule has 1 aromatic heterocycles. The Morgan fingerprint density at radius 1 is 1.58 bits per heavy atom. The Balaban J connectivity index is 2.70. The summed E-state index contributed by atoms with van der Waals surface area (Å²) in [5, 5.41) is 3.66. The van der Waals surface area contributed by atoms with Gasteiger partial charge in [-0.2, -0.15) is 4.98 Å². The van der Waals surface area contributed by atoms with Crippen LogP contribution in [-0.2, 0) is 11.2 Å². The number of anilines is 1. The lowest BCUT2D eigenvalue weighted by Crippen LogP contribution is -2.10. The molecule has 0 aromatic carbocycles. The minimum absolute atomic E-state index is 0.0176. The van der Waals surface area contributed by atoms with Crippen LogP contribution in [0.1, 0.15) is 12.8 Å². The Morgan fingerprint density at radius 2 is 2.25 bits per heavy atom. The molecule has 0 fully saturated rings. The van der Waals surface area contributed by atoms with Gasteiger partial charge in [0.05, 0.1) is 6.42 Å². The van der Waals surface area contributed by atoms with E-state index >= 15 is 0 Å². The molecule has 0 unspecified atom stereocenters. The average Bonchev–Trinajstić information content (AvgIpc) is 2.34. The highest BCUT2D eigenvalue weighted by atomic mass is 16.5. The average molecular weight is 169 g/mol. The van der Waals surface area contributed by atoms with Crippen LogP contribution in [0.25, 0.3) is 0 Å². The van der Waals surface area contributed by atoms with Crippen molar-refractivity contribution in [2.45, 2.75) is 13.3 Å². The highest BCUT2D eigenvalue weighted by Gasteiger charge is 2.08. The fourth-order valence-corrected chi connectivity index (χ4v) is 0.712. The molecule has 0 N–H and O–H groups in total. The third-order valence-corrected chi connectivity index (χ3v) is 1.26. The number of ketones is 1. The molecular weight excluding hydrogens is 158 g/mol. The highest BCUT2D eigenvalue weighted by molar-refractivity contribution is 5.77. The van der Waals surface area contributed by atoms with Crippen molar-refractivity contribution in [3.63, 3.8) is 0 Å². The van der Waals surface area contributed by atoms with E-state index in [0.29, 0.717) is 11.8 Å². The van der Waals surface area contributed by atoms with Crippen molar-refractivity contribution in [1.29, 1.82) is 0 Å². The molecule has 0 saturated carbocycles. The Labute approximate surface area is 70.4 Å². The monoisotopic (exact) mass is 169 g/mol. The fourth-order valence-electron chi connectivity index (χ4n) is 0.712. The van der Waals surface area contributed by atoms with Crippen LogP contribution in [0.2, 0.25) is 0 Å². The zero-order valence-corrected chi connectivity index (χ0v) is 7.37. The van der Waals surface area contributed by atoms with Gasteiger partial charge in [-0.25, -0.2) is 0 Å². The summed E-state index contributed by atoms with van der Waals surface area (Å²) in [6.07, 6.45) is 0.209. The van der Waals surface area contributed by atoms with Crippen LogP contribution in [0.4, 0.5) is 5.95 Å². The van der Waals surface area contributed by atoms with Crippen molar-refractivity contribution in [3.05, 3.63) is 5.89 Å². The van der Waals surface area contributed by atoms with E-state index in [1.165, 1.54) is 6.92 Å². The predicted octanol–water partition coefficient (Wildman–Crippen LogP) is 0.267. The van der Waals surface area contributed by atoms with Crippen LogP contribution in [0.3, 0.4) is 0 Å². The summed E-state index contributed by atoms with van der Waals surface area (Å²) < 4.78 is 4.81. The Hall–Kier alpha value is -1.39. The molecule has 0 radical (unpaired) electrons. The van der Waals surface area contributed by atoms with E-state index in [9.17, 15) is 4.79 Å². The van der Waals surface area contributed by atoms with E-state index in [0.717, 1.165) is 0 Å². The van der Waals surface area contributed by atoms with Crippen molar-refractivity contribution in [2.75, 3.05) is 19.0 Å². The lowest BCUT2D eigenvalue weighted by atomic mass is 10.3. The Bertz CT molecular complexity index is 280. The topological polar surface area (TPSA) is 59.2 Å². The maximum absolute atomic E-state index is 10.7. The highest BCUT2D eigenvalue weighted by Crippen LogP contribution is 2.05. The van der Waals surface area contributed by atoms with Crippen LogP contribution >= 0.6 is 0 Å². The summed E-state index contributed by atoms with van der Waals surface area (Å²) in [4.78, 5) is 16.3. The third-order valence-electron chi connectivity index (χ3n) is 1.26. The summed E-state index contributed by atoms with van der Waals surface area (Å²) in [5.41, 5.74) is 0. The molecule has 1 aromatic rings. The quantitative estimate of drug-likeness (QED) is 0.649. The molecule has 5 heteroatoms. The molecule has 0 bridgehead atoms. The second-order valence-corrected chi connectivity index (χ2v) is 2.76. The minimum Gasteiger partial charge on any atom is -0.344 e. The molecule has 0 aliphatic carbocycles. The lowest BCUT2D eigenvalue weighted by Gasteiger charge is -2.02. The first kappa shape index (κ1) is 8.70. The maximum atomic E-state index is 10.7. The minimum atomic E-state index is 0.0176. The normalized spacial score (nSPS) is 9.92. The predicted molar refractivity (Wildman–Crippen MR) is 43.0 cm³/mol. The van der Waals surface area contributed by atoms with Gasteiger partial charge < -0.3 is 9.42 Å².